The van der Waals surface area contributed by atoms with Crippen molar-refractivity contribution < 1.29 is 0 Å². The monoisotopic (exact) mass is 268 g/mol. The molecule has 1 heterocycles. The molecule has 0 saturated carbocycles. The van der Waals surface area contributed by atoms with E-state index in [-0.39, 0.29) is 0 Å². The van der Waals surface area contributed by atoms with E-state index in [9.17, 15) is 0 Å². The maximum atomic E-state index is 6.13. The minimum atomic E-state index is 0.483. The van der Waals surface area contributed by atoms with E-state index in [1.54, 1.807) is 0 Å². The van der Waals surface area contributed by atoms with Gasteiger partial charge in [-0.3, -0.25) is 0 Å². The van der Waals surface area contributed by atoms with Crippen LogP contribution in [0.5, 0.6) is 0 Å². The molecule has 0 aliphatic rings. The summed E-state index contributed by atoms with van der Waals surface area (Å²) in [5.74, 6) is 0.483. The summed E-state index contributed by atoms with van der Waals surface area (Å²) in [5.41, 5.74) is 5.17. The molecule has 0 saturated heterocycles. The molecule has 0 N–H and O–H groups in total. The molecular weight excluding hydrogens is 255 g/mol. The van der Waals surface area contributed by atoms with Gasteiger partial charge in [0.1, 0.15) is 0 Å². The Kier molecular flexibility index (Phi) is 3.45. The maximum Gasteiger partial charge on any atom is 0.0692 e. The van der Waals surface area contributed by atoms with Crippen molar-refractivity contribution in [2.24, 2.45) is 0 Å². The molecule has 0 radical (unpaired) electrons. The topological polar surface area (TPSA) is 17.8 Å². The lowest BCUT2D eigenvalue weighted by atomic mass is 10.2. The molecule has 0 fully saturated rings. The van der Waals surface area contributed by atoms with Gasteiger partial charge in [-0.15, -0.1) is 11.6 Å². The Morgan fingerprint density at radius 2 is 1.94 bits per heavy atom. The van der Waals surface area contributed by atoms with E-state index in [0.29, 0.717) is 5.88 Å². The molecule has 0 unspecified atom stereocenters. The van der Waals surface area contributed by atoms with E-state index in [4.69, 9.17) is 23.2 Å². The first kappa shape index (κ1) is 12.5. The molecule has 4 heteroatoms. The van der Waals surface area contributed by atoms with Crippen LogP contribution in [-0.4, -0.2) is 9.78 Å². The Morgan fingerprint density at radius 1 is 1.24 bits per heavy atom. The van der Waals surface area contributed by atoms with Gasteiger partial charge >= 0.3 is 0 Å². The third-order valence-corrected chi connectivity index (χ3v) is 3.72. The summed E-state index contributed by atoms with van der Waals surface area (Å²) in [6.45, 7) is 5.99. The van der Waals surface area contributed by atoms with Crippen molar-refractivity contribution in [3.8, 4) is 5.69 Å². The molecule has 0 bridgehead atoms. The average Bonchev–Trinajstić information content (AvgIpc) is 2.58. The predicted molar refractivity (Wildman–Crippen MR) is 72.3 cm³/mol. The third-order valence-electron chi connectivity index (χ3n) is 3.04. The molecule has 0 spiro atoms. The van der Waals surface area contributed by atoms with Crippen LogP contribution in [0.15, 0.2) is 18.2 Å². The lowest BCUT2D eigenvalue weighted by Gasteiger charge is -2.09. The highest BCUT2D eigenvalue weighted by Crippen LogP contribution is 2.25. The molecule has 1 aromatic carbocycles. The third kappa shape index (κ3) is 2.07. The van der Waals surface area contributed by atoms with Crippen LogP contribution in [0.25, 0.3) is 5.69 Å². The first-order valence-electron chi connectivity index (χ1n) is 5.42. The van der Waals surface area contributed by atoms with Crippen molar-refractivity contribution in [1.29, 1.82) is 0 Å². The van der Waals surface area contributed by atoms with Gasteiger partial charge in [-0.1, -0.05) is 17.7 Å². The smallest absolute Gasteiger partial charge is 0.0692 e. The summed E-state index contributed by atoms with van der Waals surface area (Å²) in [5, 5.41) is 5.28. The predicted octanol–water partition coefficient (Wildman–Crippen LogP) is 4.19. The van der Waals surface area contributed by atoms with Crippen LogP contribution in [-0.2, 0) is 5.88 Å². The molecule has 0 aliphatic carbocycles. The molecule has 0 aliphatic heterocycles. The highest BCUT2D eigenvalue weighted by Gasteiger charge is 2.13. The summed E-state index contributed by atoms with van der Waals surface area (Å²) in [4.78, 5) is 0. The number of nitrogens with zero attached hydrogens (tertiary/aromatic N) is 2. The van der Waals surface area contributed by atoms with Gasteiger partial charge < -0.3 is 0 Å². The SMILES string of the molecule is Cc1nn(-c2cccc(Cl)c2C)c(C)c1CCl. The van der Waals surface area contributed by atoms with Crippen molar-refractivity contribution in [2.45, 2.75) is 26.7 Å². The van der Waals surface area contributed by atoms with E-state index in [0.717, 1.165) is 33.2 Å². The van der Waals surface area contributed by atoms with Crippen LogP contribution < -0.4 is 0 Å². The van der Waals surface area contributed by atoms with E-state index < -0.39 is 0 Å². The van der Waals surface area contributed by atoms with Crippen LogP contribution in [0.2, 0.25) is 5.02 Å². The molecule has 0 atom stereocenters. The van der Waals surface area contributed by atoms with Crippen LogP contribution in [0.3, 0.4) is 0 Å². The fourth-order valence-electron chi connectivity index (χ4n) is 1.93. The van der Waals surface area contributed by atoms with Gasteiger partial charge in [-0.25, -0.2) is 4.68 Å². The van der Waals surface area contributed by atoms with Crippen molar-refractivity contribution in [3.05, 3.63) is 45.7 Å². The molecule has 17 heavy (non-hydrogen) atoms. The summed E-state index contributed by atoms with van der Waals surface area (Å²) in [7, 11) is 0. The van der Waals surface area contributed by atoms with Crippen LogP contribution in [0.4, 0.5) is 0 Å². The highest BCUT2D eigenvalue weighted by molar-refractivity contribution is 6.31. The fourth-order valence-corrected chi connectivity index (χ4v) is 2.48. The van der Waals surface area contributed by atoms with Gasteiger partial charge in [0.05, 0.1) is 17.3 Å². The number of aryl methyl sites for hydroxylation is 1. The lowest BCUT2D eigenvalue weighted by Crippen LogP contribution is -2.02. The molecule has 2 nitrogen and oxygen atoms in total. The van der Waals surface area contributed by atoms with Gasteiger partial charge in [-0.2, -0.15) is 5.10 Å². The molecule has 0 amide bonds. The second-order valence-electron chi connectivity index (χ2n) is 4.08. The molecule has 90 valence electrons. The van der Waals surface area contributed by atoms with E-state index in [1.165, 1.54) is 0 Å². The summed E-state index contributed by atoms with van der Waals surface area (Å²) in [6, 6.07) is 5.83. The summed E-state index contributed by atoms with van der Waals surface area (Å²) >= 11 is 12.1. The minimum Gasteiger partial charge on any atom is -0.237 e. The second kappa shape index (κ2) is 4.71. The van der Waals surface area contributed by atoms with E-state index in [2.05, 4.69) is 5.10 Å². The Balaban J connectivity index is 2.65. The van der Waals surface area contributed by atoms with Crippen molar-refractivity contribution in [2.75, 3.05) is 0 Å². The Bertz CT molecular complexity index is 559. The molecular formula is C13H14Cl2N2. The number of hydrogen-bond acceptors (Lipinski definition) is 1. The van der Waals surface area contributed by atoms with Gasteiger partial charge in [0.25, 0.3) is 0 Å². The summed E-state index contributed by atoms with van der Waals surface area (Å²) in [6.07, 6.45) is 0. The number of halogens is 2. The minimum absolute atomic E-state index is 0.483. The van der Waals surface area contributed by atoms with E-state index >= 15 is 0 Å². The maximum absolute atomic E-state index is 6.13. The zero-order valence-electron chi connectivity index (χ0n) is 10.1. The molecule has 2 rings (SSSR count). The normalized spacial score (nSPS) is 10.9. The average molecular weight is 269 g/mol. The molecule has 1 aromatic heterocycles. The first-order chi connectivity index (χ1) is 8.06. The van der Waals surface area contributed by atoms with E-state index in [1.807, 2.05) is 43.7 Å². The van der Waals surface area contributed by atoms with Crippen molar-refractivity contribution in [1.82, 2.24) is 9.78 Å². The Morgan fingerprint density at radius 3 is 2.53 bits per heavy atom. The number of rotatable bonds is 2. The van der Waals surface area contributed by atoms with Gasteiger partial charge in [0.2, 0.25) is 0 Å². The van der Waals surface area contributed by atoms with Crippen LogP contribution >= 0.6 is 23.2 Å². The number of hydrogen-bond donors (Lipinski definition) is 0. The fraction of sp³-hybridized carbons (Fsp3) is 0.308. The van der Waals surface area contributed by atoms with Gasteiger partial charge in [-0.05, 0) is 38.5 Å². The van der Waals surface area contributed by atoms with Crippen molar-refractivity contribution >= 4 is 23.2 Å². The largest absolute Gasteiger partial charge is 0.237 e. The molecule has 2 aromatic rings. The zero-order valence-corrected chi connectivity index (χ0v) is 11.6. The number of benzene rings is 1. The van der Waals surface area contributed by atoms with Crippen LogP contribution in [0.1, 0.15) is 22.5 Å². The standard InChI is InChI=1S/C13H14Cl2N2/c1-8-12(15)5-4-6-13(8)17-10(3)11(7-14)9(2)16-17/h4-6H,7H2,1-3H3. The second-order valence-corrected chi connectivity index (χ2v) is 4.75. The van der Waals surface area contributed by atoms with Gasteiger partial charge in [0, 0.05) is 16.3 Å². The Hall–Kier alpha value is -0.990. The van der Waals surface area contributed by atoms with Gasteiger partial charge in [0.15, 0.2) is 0 Å². The van der Waals surface area contributed by atoms with Crippen LogP contribution in [0, 0.1) is 20.8 Å². The Labute approximate surface area is 111 Å². The number of alkyl halides is 1. The quantitative estimate of drug-likeness (QED) is 0.747. The first-order valence-corrected chi connectivity index (χ1v) is 6.34. The zero-order chi connectivity index (χ0) is 12.6. The summed E-state index contributed by atoms with van der Waals surface area (Å²) < 4.78 is 1.91. The van der Waals surface area contributed by atoms with Crippen molar-refractivity contribution in [3.63, 3.8) is 0 Å². The highest BCUT2D eigenvalue weighted by atomic mass is 35.5. The lowest BCUT2D eigenvalue weighted by molar-refractivity contribution is 0.827. The number of aromatic nitrogens is 2.